The molecule has 1 rings (SSSR count). The summed E-state index contributed by atoms with van der Waals surface area (Å²) in [6.07, 6.45) is 0. The summed E-state index contributed by atoms with van der Waals surface area (Å²) >= 11 is 0. The first-order valence-corrected chi connectivity index (χ1v) is 5.05. The minimum Gasteiger partial charge on any atom is -0.508 e. The third kappa shape index (κ3) is 2.56. The fourth-order valence-electron chi connectivity index (χ4n) is 0.778. The number of halogens is 2. The van der Waals surface area contributed by atoms with Crippen molar-refractivity contribution in [2.75, 3.05) is 4.72 Å². The van der Waals surface area contributed by atoms with Crippen LogP contribution in [0.15, 0.2) is 24.3 Å². The van der Waals surface area contributed by atoms with Crippen molar-refractivity contribution in [3.63, 3.8) is 0 Å². The molecule has 1 aromatic carbocycles. The van der Waals surface area contributed by atoms with E-state index in [1.807, 2.05) is 0 Å². The maximum Gasteiger partial charge on any atom is 0.355 e. The van der Waals surface area contributed by atoms with Gasteiger partial charge in [0.15, 0.2) is 0 Å². The molecule has 0 aliphatic rings. The van der Waals surface area contributed by atoms with Gasteiger partial charge in [0.1, 0.15) is 5.75 Å². The Kier molecular flexibility index (Phi) is 2.90. The zero-order chi connectivity index (χ0) is 10.8. The quantitative estimate of drug-likeness (QED) is 0.812. The lowest BCUT2D eigenvalue weighted by Crippen LogP contribution is -2.20. The van der Waals surface area contributed by atoms with Gasteiger partial charge in [-0.2, -0.15) is 8.78 Å². The van der Waals surface area contributed by atoms with Gasteiger partial charge in [0, 0.05) is 6.07 Å². The molecule has 0 bridgehead atoms. The summed E-state index contributed by atoms with van der Waals surface area (Å²) in [6, 6.07) is 4.90. The van der Waals surface area contributed by atoms with E-state index in [0.29, 0.717) is 0 Å². The Balaban J connectivity index is 2.90. The predicted octanol–water partition coefficient (Wildman–Crippen LogP) is 1.36. The van der Waals surface area contributed by atoms with Crippen LogP contribution < -0.4 is 4.72 Å². The standard InChI is InChI=1S/C7H7F2NO3S/c8-7(9)14(12,13)10-5-2-1-3-6(11)4-5/h1-4,7,10-11H. The molecule has 0 amide bonds. The topological polar surface area (TPSA) is 66.4 Å². The zero-order valence-electron chi connectivity index (χ0n) is 6.81. The average Bonchev–Trinajstić information content (AvgIpc) is 2.02. The van der Waals surface area contributed by atoms with Gasteiger partial charge < -0.3 is 5.11 Å². The highest BCUT2D eigenvalue weighted by Crippen LogP contribution is 2.18. The largest absolute Gasteiger partial charge is 0.508 e. The van der Waals surface area contributed by atoms with Crippen LogP contribution in [0.4, 0.5) is 14.5 Å². The molecule has 2 N–H and O–H groups in total. The van der Waals surface area contributed by atoms with Gasteiger partial charge in [-0.05, 0) is 12.1 Å². The number of sulfonamides is 1. The first-order chi connectivity index (χ1) is 6.42. The van der Waals surface area contributed by atoms with Gasteiger partial charge in [0.25, 0.3) is 10.0 Å². The monoisotopic (exact) mass is 223 g/mol. The highest BCUT2D eigenvalue weighted by Gasteiger charge is 2.23. The SMILES string of the molecule is O=S(=O)(Nc1cccc(O)c1)C(F)F. The molecule has 14 heavy (non-hydrogen) atoms. The van der Waals surface area contributed by atoms with E-state index < -0.39 is 15.8 Å². The fraction of sp³-hybridized carbons (Fsp3) is 0.143. The number of hydrogen-bond acceptors (Lipinski definition) is 3. The van der Waals surface area contributed by atoms with E-state index in [0.717, 1.165) is 6.07 Å². The number of benzene rings is 1. The van der Waals surface area contributed by atoms with Crippen LogP contribution in [0.5, 0.6) is 5.75 Å². The molecule has 0 saturated heterocycles. The van der Waals surface area contributed by atoms with Crippen LogP contribution in [0.2, 0.25) is 0 Å². The number of hydrogen-bond donors (Lipinski definition) is 2. The minimum atomic E-state index is -4.66. The number of aromatic hydroxyl groups is 1. The number of phenolic OH excluding ortho intramolecular Hbond substituents is 1. The van der Waals surface area contributed by atoms with E-state index in [9.17, 15) is 17.2 Å². The molecule has 0 aromatic heterocycles. The van der Waals surface area contributed by atoms with Gasteiger partial charge in [-0.1, -0.05) is 6.07 Å². The lowest BCUT2D eigenvalue weighted by molar-refractivity contribution is 0.236. The summed E-state index contributed by atoms with van der Waals surface area (Å²) < 4.78 is 46.7. The molecule has 0 aliphatic carbocycles. The summed E-state index contributed by atoms with van der Waals surface area (Å²) in [6.45, 7) is 0. The molecular weight excluding hydrogens is 216 g/mol. The molecule has 0 aliphatic heterocycles. The lowest BCUT2D eigenvalue weighted by Gasteiger charge is -2.06. The molecule has 0 atom stereocenters. The Morgan fingerprint density at radius 2 is 2.00 bits per heavy atom. The number of nitrogens with one attached hydrogen (secondary N) is 1. The summed E-state index contributed by atoms with van der Waals surface area (Å²) in [5.41, 5.74) is -0.106. The average molecular weight is 223 g/mol. The predicted molar refractivity (Wildman–Crippen MR) is 46.7 cm³/mol. The highest BCUT2D eigenvalue weighted by atomic mass is 32.2. The van der Waals surface area contributed by atoms with Gasteiger partial charge >= 0.3 is 5.76 Å². The molecule has 0 spiro atoms. The fourth-order valence-corrected chi connectivity index (χ4v) is 1.32. The normalized spacial score (nSPS) is 11.6. The maximum atomic E-state index is 11.9. The van der Waals surface area contributed by atoms with E-state index in [-0.39, 0.29) is 11.4 Å². The van der Waals surface area contributed by atoms with Gasteiger partial charge in [0.05, 0.1) is 5.69 Å². The maximum absolute atomic E-state index is 11.9. The van der Waals surface area contributed by atoms with E-state index in [2.05, 4.69) is 0 Å². The first-order valence-electron chi connectivity index (χ1n) is 3.50. The van der Waals surface area contributed by atoms with Crippen LogP contribution in [-0.4, -0.2) is 19.3 Å². The summed E-state index contributed by atoms with van der Waals surface area (Å²) in [5.74, 6) is -3.70. The Morgan fingerprint density at radius 1 is 1.36 bits per heavy atom. The van der Waals surface area contributed by atoms with Crippen LogP contribution in [0, 0.1) is 0 Å². The summed E-state index contributed by atoms with van der Waals surface area (Å²) in [7, 11) is -4.66. The number of anilines is 1. The van der Waals surface area contributed by atoms with Crippen molar-refractivity contribution in [3.8, 4) is 5.75 Å². The van der Waals surface area contributed by atoms with Crippen LogP contribution in [-0.2, 0) is 10.0 Å². The number of alkyl halides is 2. The van der Waals surface area contributed by atoms with Crippen LogP contribution in [0.25, 0.3) is 0 Å². The molecule has 0 heterocycles. The summed E-state index contributed by atoms with van der Waals surface area (Å²) in [5, 5.41) is 8.93. The number of phenols is 1. The molecule has 7 heteroatoms. The Labute approximate surface area is 79.2 Å². The van der Waals surface area contributed by atoms with Crippen molar-refractivity contribution in [2.24, 2.45) is 0 Å². The van der Waals surface area contributed by atoms with Gasteiger partial charge in [-0.3, -0.25) is 4.72 Å². The van der Waals surface area contributed by atoms with E-state index in [1.54, 1.807) is 4.72 Å². The third-order valence-corrected chi connectivity index (χ3v) is 2.33. The zero-order valence-corrected chi connectivity index (χ0v) is 7.63. The minimum absolute atomic E-state index is 0.106. The van der Waals surface area contributed by atoms with Crippen molar-refractivity contribution < 1.29 is 22.3 Å². The molecule has 0 radical (unpaired) electrons. The Morgan fingerprint density at radius 3 is 2.50 bits per heavy atom. The molecule has 78 valence electrons. The molecule has 0 fully saturated rings. The van der Waals surface area contributed by atoms with Gasteiger partial charge in [0.2, 0.25) is 0 Å². The molecule has 0 saturated carbocycles. The molecule has 1 aromatic rings. The van der Waals surface area contributed by atoms with Crippen molar-refractivity contribution in [2.45, 2.75) is 5.76 Å². The Bertz CT molecular complexity index is 419. The summed E-state index contributed by atoms with van der Waals surface area (Å²) in [4.78, 5) is 0. The molecular formula is C7H7F2NO3S. The van der Waals surface area contributed by atoms with Crippen LogP contribution >= 0.6 is 0 Å². The third-order valence-electron chi connectivity index (χ3n) is 1.34. The van der Waals surface area contributed by atoms with Crippen molar-refractivity contribution in [1.82, 2.24) is 0 Å². The van der Waals surface area contributed by atoms with Crippen molar-refractivity contribution in [3.05, 3.63) is 24.3 Å². The van der Waals surface area contributed by atoms with Crippen LogP contribution in [0.1, 0.15) is 0 Å². The van der Waals surface area contributed by atoms with E-state index in [1.165, 1.54) is 18.2 Å². The molecule has 4 nitrogen and oxygen atoms in total. The second-order valence-corrected chi connectivity index (χ2v) is 4.11. The second kappa shape index (κ2) is 3.79. The first kappa shape index (κ1) is 10.7. The van der Waals surface area contributed by atoms with E-state index >= 15 is 0 Å². The highest BCUT2D eigenvalue weighted by molar-refractivity contribution is 7.93. The second-order valence-electron chi connectivity index (χ2n) is 2.46. The lowest BCUT2D eigenvalue weighted by atomic mass is 10.3. The van der Waals surface area contributed by atoms with Crippen molar-refractivity contribution in [1.29, 1.82) is 0 Å². The smallest absolute Gasteiger partial charge is 0.355 e. The Hall–Kier alpha value is -1.37. The van der Waals surface area contributed by atoms with E-state index in [4.69, 9.17) is 5.11 Å². The van der Waals surface area contributed by atoms with Gasteiger partial charge in [-0.15, -0.1) is 0 Å². The number of rotatable bonds is 3. The van der Waals surface area contributed by atoms with Crippen molar-refractivity contribution >= 4 is 15.7 Å². The van der Waals surface area contributed by atoms with Crippen LogP contribution in [0.3, 0.4) is 0 Å². The van der Waals surface area contributed by atoms with Gasteiger partial charge in [-0.25, -0.2) is 8.42 Å². The molecule has 0 unspecified atom stereocenters.